The Kier molecular flexibility index (Phi) is 2.11. The third-order valence-corrected chi connectivity index (χ3v) is 3.57. The van der Waals surface area contributed by atoms with Gasteiger partial charge in [-0.15, -0.1) is 0 Å². The summed E-state index contributed by atoms with van der Waals surface area (Å²) >= 11 is 0. The maximum absolute atomic E-state index is 9.96. The zero-order valence-corrected chi connectivity index (χ0v) is 9.43. The van der Waals surface area contributed by atoms with Crippen molar-refractivity contribution in [2.75, 3.05) is 0 Å². The number of hydrogen-bond acceptors (Lipinski definition) is 2. The lowest BCUT2D eigenvalue weighted by atomic mass is 9.87. The summed E-state index contributed by atoms with van der Waals surface area (Å²) in [7, 11) is 0. The average molecular weight is 226 g/mol. The third kappa shape index (κ3) is 1.57. The number of benzene rings is 2. The van der Waals surface area contributed by atoms with E-state index in [0.29, 0.717) is 0 Å². The van der Waals surface area contributed by atoms with Gasteiger partial charge in [0.2, 0.25) is 0 Å². The van der Waals surface area contributed by atoms with Crippen LogP contribution in [0, 0.1) is 0 Å². The van der Waals surface area contributed by atoms with E-state index in [4.69, 9.17) is 0 Å². The fourth-order valence-corrected chi connectivity index (χ4v) is 2.50. The van der Waals surface area contributed by atoms with Crippen LogP contribution >= 0.6 is 0 Å². The SMILES string of the molecule is Oc1ccc(O)c(C2(c3ccccc3)CC2)c1. The highest BCUT2D eigenvalue weighted by Gasteiger charge is 2.47. The van der Waals surface area contributed by atoms with E-state index in [1.165, 1.54) is 11.6 Å². The number of phenolic OH excluding ortho intramolecular Hbond substituents is 2. The Morgan fingerprint density at radius 3 is 2.24 bits per heavy atom. The predicted molar refractivity (Wildman–Crippen MR) is 66.2 cm³/mol. The third-order valence-electron chi connectivity index (χ3n) is 3.57. The molecule has 1 saturated carbocycles. The molecule has 2 heteroatoms. The standard InChI is InChI=1S/C15H14O2/c16-12-6-7-14(17)13(10-12)15(8-9-15)11-4-2-1-3-5-11/h1-7,10,16-17H,8-9H2. The van der Waals surface area contributed by atoms with E-state index in [-0.39, 0.29) is 16.9 Å². The summed E-state index contributed by atoms with van der Waals surface area (Å²) in [5.74, 6) is 0.476. The quantitative estimate of drug-likeness (QED) is 0.772. The number of rotatable bonds is 2. The molecule has 0 heterocycles. The van der Waals surface area contributed by atoms with Crippen molar-refractivity contribution in [2.45, 2.75) is 18.3 Å². The molecule has 0 unspecified atom stereocenters. The molecule has 0 bridgehead atoms. The van der Waals surface area contributed by atoms with Crippen LogP contribution < -0.4 is 0 Å². The highest BCUT2D eigenvalue weighted by molar-refractivity contribution is 5.53. The molecule has 0 aromatic heterocycles. The van der Waals surface area contributed by atoms with Crippen LogP contribution in [0.1, 0.15) is 24.0 Å². The molecule has 1 aliphatic carbocycles. The minimum Gasteiger partial charge on any atom is -0.508 e. The molecule has 1 aliphatic rings. The molecule has 2 aromatic carbocycles. The van der Waals surface area contributed by atoms with Crippen molar-refractivity contribution in [3.05, 3.63) is 59.7 Å². The molecular formula is C15H14O2. The van der Waals surface area contributed by atoms with Gasteiger partial charge in [0.05, 0.1) is 0 Å². The Morgan fingerprint density at radius 2 is 1.59 bits per heavy atom. The van der Waals surface area contributed by atoms with Crippen LogP contribution in [0.5, 0.6) is 11.5 Å². The van der Waals surface area contributed by atoms with Crippen LogP contribution in [0.25, 0.3) is 0 Å². The van der Waals surface area contributed by atoms with Crippen LogP contribution in [0.2, 0.25) is 0 Å². The zero-order valence-electron chi connectivity index (χ0n) is 9.43. The van der Waals surface area contributed by atoms with Crippen LogP contribution in [0.3, 0.4) is 0 Å². The van der Waals surface area contributed by atoms with Gasteiger partial charge in [0.25, 0.3) is 0 Å². The van der Waals surface area contributed by atoms with Crippen molar-refractivity contribution in [3.63, 3.8) is 0 Å². The molecule has 17 heavy (non-hydrogen) atoms. The summed E-state index contributed by atoms with van der Waals surface area (Å²) in [5.41, 5.74) is 1.95. The Morgan fingerprint density at radius 1 is 0.882 bits per heavy atom. The van der Waals surface area contributed by atoms with Crippen LogP contribution in [-0.4, -0.2) is 10.2 Å². The van der Waals surface area contributed by atoms with E-state index in [0.717, 1.165) is 18.4 Å². The molecule has 0 amide bonds. The van der Waals surface area contributed by atoms with Crippen molar-refractivity contribution in [1.29, 1.82) is 0 Å². The normalized spacial score (nSPS) is 16.7. The van der Waals surface area contributed by atoms with E-state index < -0.39 is 0 Å². The molecule has 0 atom stereocenters. The maximum atomic E-state index is 9.96. The summed E-state index contributed by atoms with van der Waals surface area (Å²) in [4.78, 5) is 0. The lowest BCUT2D eigenvalue weighted by Gasteiger charge is -2.17. The van der Waals surface area contributed by atoms with Gasteiger partial charge in [0, 0.05) is 11.0 Å². The second kappa shape index (κ2) is 3.52. The first kappa shape index (κ1) is 10.2. The first-order valence-corrected chi connectivity index (χ1v) is 5.80. The zero-order chi connectivity index (χ0) is 11.9. The monoisotopic (exact) mass is 226 g/mol. The van der Waals surface area contributed by atoms with Gasteiger partial charge in [-0.1, -0.05) is 30.3 Å². The second-order valence-corrected chi connectivity index (χ2v) is 4.65. The number of phenols is 2. The minimum absolute atomic E-state index is 0.0932. The van der Waals surface area contributed by atoms with Crippen molar-refractivity contribution >= 4 is 0 Å². The Hall–Kier alpha value is -1.96. The molecule has 1 fully saturated rings. The highest BCUT2D eigenvalue weighted by atomic mass is 16.3. The smallest absolute Gasteiger partial charge is 0.119 e. The summed E-state index contributed by atoms with van der Waals surface area (Å²) in [6.45, 7) is 0. The topological polar surface area (TPSA) is 40.5 Å². The lowest BCUT2D eigenvalue weighted by molar-refractivity contribution is 0.450. The fourth-order valence-electron chi connectivity index (χ4n) is 2.50. The molecule has 2 nitrogen and oxygen atoms in total. The summed E-state index contributed by atoms with van der Waals surface area (Å²) in [6, 6.07) is 14.9. The van der Waals surface area contributed by atoms with E-state index >= 15 is 0 Å². The first-order chi connectivity index (χ1) is 8.22. The van der Waals surface area contributed by atoms with Gasteiger partial charge >= 0.3 is 0 Å². The predicted octanol–water partition coefficient (Wildman–Crippen LogP) is 3.18. The van der Waals surface area contributed by atoms with Gasteiger partial charge in [-0.3, -0.25) is 0 Å². The number of hydrogen-bond donors (Lipinski definition) is 2. The molecule has 0 radical (unpaired) electrons. The molecule has 3 rings (SSSR count). The van der Waals surface area contributed by atoms with Gasteiger partial charge in [0.1, 0.15) is 11.5 Å². The van der Waals surface area contributed by atoms with Gasteiger partial charge in [0.15, 0.2) is 0 Å². The summed E-state index contributed by atoms with van der Waals surface area (Å²) in [6.07, 6.45) is 2.04. The maximum Gasteiger partial charge on any atom is 0.119 e. The fraction of sp³-hybridized carbons (Fsp3) is 0.200. The first-order valence-electron chi connectivity index (χ1n) is 5.80. The Labute approximate surface area is 100 Å². The minimum atomic E-state index is -0.0932. The second-order valence-electron chi connectivity index (χ2n) is 4.65. The largest absolute Gasteiger partial charge is 0.508 e. The van der Waals surface area contributed by atoms with Crippen molar-refractivity contribution in [2.24, 2.45) is 0 Å². The van der Waals surface area contributed by atoms with Gasteiger partial charge in [-0.25, -0.2) is 0 Å². The van der Waals surface area contributed by atoms with E-state index in [9.17, 15) is 10.2 Å². The van der Waals surface area contributed by atoms with Gasteiger partial charge < -0.3 is 10.2 Å². The molecule has 0 aliphatic heterocycles. The summed E-state index contributed by atoms with van der Waals surface area (Å²) < 4.78 is 0. The van der Waals surface area contributed by atoms with Gasteiger partial charge in [-0.2, -0.15) is 0 Å². The average Bonchev–Trinajstić information content (AvgIpc) is 3.15. The lowest BCUT2D eigenvalue weighted by Crippen LogP contribution is -2.08. The molecule has 86 valence electrons. The number of aromatic hydroxyl groups is 2. The van der Waals surface area contributed by atoms with Gasteiger partial charge in [-0.05, 0) is 36.6 Å². The molecule has 0 spiro atoms. The van der Waals surface area contributed by atoms with E-state index in [2.05, 4.69) is 12.1 Å². The van der Waals surface area contributed by atoms with Crippen LogP contribution in [-0.2, 0) is 5.41 Å². The van der Waals surface area contributed by atoms with E-state index in [1.807, 2.05) is 18.2 Å². The van der Waals surface area contributed by atoms with Crippen molar-refractivity contribution in [3.8, 4) is 11.5 Å². The molecular weight excluding hydrogens is 212 g/mol. The van der Waals surface area contributed by atoms with Crippen molar-refractivity contribution < 1.29 is 10.2 Å². The molecule has 2 N–H and O–H groups in total. The molecule has 2 aromatic rings. The molecule has 0 saturated heterocycles. The van der Waals surface area contributed by atoms with Crippen LogP contribution in [0.4, 0.5) is 0 Å². The van der Waals surface area contributed by atoms with Crippen molar-refractivity contribution in [1.82, 2.24) is 0 Å². The highest BCUT2D eigenvalue weighted by Crippen LogP contribution is 2.56. The summed E-state index contributed by atoms with van der Waals surface area (Å²) in [5, 5.41) is 19.5. The Balaban J connectivity index is 2.13. The Bertz CT molecular complexity index is 542. The van der Waals surface area contributed by atoms with Crippen LogP contribution in [0.15, 0.2) is 48.5 Å². The van der Waals surface area contributed by atoms with E-state index in [1.54, 1.807) is 12.1 Å².